The van der Waals surface area contributed by atoms with E-state index in [1.54, 1.807) is 30.4 Å². The first-order chi connectivity index (χ1) is 24.9. The van der Waals surface area contributed by atoms with Gasteiger partial charge >= 0.3 is 0 Å². The molecule has 2 atom stereocenters. The average Bonchev–Trinajstić information content (AvgIpc) is 3.81. The molecule has 1 radical (unpaired) electrons. The van der Waals surface area contributed by atoms with Gasteiger partial charge in [0.2, 0.25) is 5.91 Å². The first-order valence-corrected chi connectivity index (χ1v) is 19.8. The van der Waals surface area contributed by atoms with Gasteiger partial charge in [-0.2, -0.15) is 0 Å². The van der Waals surface area contributed by atoms with Crippen LogP contribution in [0.2, 0.25) is 0 Å². The fourth-order valence-electron chi connectivity index (χ4n) is 4.76. The third kappa shape index (κ3) is 20.8. The molecule has 4 aromatic rings. The summed E-state index contributed by atoms with van der Waals surface area (Å²) in [6.45, 7) is 16.2. The molecule has 0 spiro atoms. The first kappa shape index (κ1) is 50.7. The number of aryl methyl sites for hydroxylation is 3. The predicted octanol–water partition coefficient (Wildman–Crippen LogP) is 11.2. The van der Waals surface area contributed by atoms with Crippen molar-refractivity contribution < 1.29 is 52.1 Å². The van der Waals surface area contributed by atoms with Crippen LogP contribution in [0.15, 0.2) is 54.9 Å². The van der Waals surface area contributed by atoms with Gasteiger partial charge in [0.15, 0.2) is 0 Å². The molecule has 0 bridgehead atoms. The van der Waals surface area contributed by atoms with E-state index in [-0.39, 0.29) is 69.2 Å². The van der Waals surface area contributed by atoms with Gasteiger partial charge in [0.1, 0.15) is 5.82 Å². The van der Waals surface area contributed by atoms with Crippen molar-refractivity contribution in [3.63, 3.8) is 0 Å². The first-order valence-electron chi connectivity index (χ1n) is 19.0. The monoisotopic (exact) mass is 826 g/mol. The van der Waals surface area contributed by atoms with E-state index in [9.17, 15) is 9.18 Å². The zero-order valence-electron chi connectivity index (χ0n) is 33.3. The molecule has 5 N–H and O–H groups in total. The van der Waals surface area contributed by atoms with Crippen LogP contribution in [0.3, 0.4) is 0 Å². The molecular formula is C42H64FN5O3SY-2. The van der Waals surface area contributed by atoms with Crippen molar-refractivity contribution in [1.29, 1.82) is 0 Å². The third-order valence-electron chi connectivity index (χ3n) is 8.17. The van der Waals surface area contributed by atoms with Gasteiger partial charge in [0.05, 0.1) is 33.5 Å². The second-order valence-electron chi connectivity index (χ2n) is 13.2. The number of rotatable bonds is 13. The van der Waals surface area contributed by atoms with E-state index in [4.69, 9.17) is 21.7 Å². The van der Waals surface area contributed by atoms with Gasteiger partial charge in [-0.05, 0) is 79.5 Å². The van der Waals surface area contributed by atoms with E-state index in [0.29, 0.717) is 17.5 Å². The number of aromatic nitrogens is 2. The largest absolute Gasteiger partial charge is 0.699 e. The number of carbonyl (C=O) groups excluding carboxylic acids is 1. The van der Waals surface area contributed by atoms with Crippen LogP contribution in [-0.4, -0.2) is 51.4 Å². The standard InChI is InChI=1S/C17H18N2S.C13H27NO3.C7H7FN.C3H6N.C2H6.Y/c1-3-5-13-8-9-18-15-10-16(20-17(13)15)14-7-6-12(4-2)11-19-14;1-4-11(7-5-6-10(2)3)13(17)14-8-12(16)9-15;1-5-2-3-6(9)4-7(5)8;4-3-1-2-3;1-2;/h6-11H,3-5H2,1-2H3;10-12,15-16H,4-9H2,1-3H3,(H,14,17);2-4,9H,1H3;3-4H,1-2H2;1-2H3;/q;;2*-1;;. The fraction of sp³-hybridized carbons (Fsp3) is 0.548. The Morgan fingerprint density at radius 1 is 1.06 bits per heavy atom. The number of thiophene rings is 1. The van der Waals surface area contributed by atoms with Crippen molar-refractivity contribution in [2.75, 3.05) is 13.2 Å². The van der Waals surface area contributed by atoms with Gasteiger partial charge in [-0.25, -0.2) is 4.39 Å². The summed E-state index contributed by atoms with van der Waals surface area (Å²) in [5.41, 5.74) is 19.3. The maximum atomic E-state index is 12.5. The van der Waals surface area contributed by atoms with Crippen LogP contribution in [0.4, 0.5) is 10.1 Å². The Morgan fingerprint density at radius 3 is 2.23 bits per heavy atom. The smallest absolute Gasteiger partial charge is 0.223 e. The normalized spacial score (nSPS) is 12.6. The van der Waals surface area contributed by atoms with E-state index in [0.717, 1.165) is 69.0 Å². The van der Waals surface area contributed by atoms with E-state index in [1.165, 1.54) is 26.8 Å². The van der Waals surface area contributed by atoms with Crippen molar-refractivity contribution in [1.82, 2.24) is 15.3 Å². The number of nitrogens with zero attached hydrogens (tertiary/aromatic N) is 2. The average molecular weight is 827 g/mol. The number of hydrogen-bond acceptors (Lipinski definition) is 6. The summed E-state index contributed by atoms with van der Waals surface area (Å²) in [5.74, 6) is 0.387. The number of pyridine rings is 2. The zero-order chi connectivity index (χ0) is 39.1. The van der Waals surface area contributed by atoms with Crippen molar-refractivity contribution in [2.45, 2.75) is 125 Å². The zero-order valence-corrected chi connectivity index (χ0v) is 37.0. The minimum atomic E-state index is -0.855. The molecule has 1 aromatic carbocycles. The quantitative estimate of drug-likeness (QED) is 0.123. The number of nitrogens with one attached hydrogen (secondary N) is 3. The van der Waals surface area contributed by atoms with Crippen LogP contribution < -0.4 is 5.32 Å². The summed E-state index contributed by atoms with van der Waals surface area (Å²) >= 11 is 1.81. The molecule has 53 heavy (non-hydrogen) atoms. The molecule has 5 rings (SSSR count). The number of aliphatic hydroxyl groups is 2. The second-order valence-corrected chi connectivity index (χ2v) is 14.3. The minimum absolute atomic E-state index is 0. The van der Waals surface area contributed by atoms with Crippen molar-refractivity contribution in [3.05, 3.63) is 88.8 Å². The molecular weight excluding hydrogens is 762 g/mol. The Kier molecular flexibility index (Phi) is 27.7. The molecule has 293 valence electrons. The predicted molar refractivity (Wildman–Crippen MR) is 219 cm³/mol. The molecule has 11 heteroatoms. The van der Waals surface area contributed by atoms with E-state index < -0.39 is 6.10 Å². The molecule has 3 heterocycles. The molecule has 1 saturated carbocycles. The molecule has 8 nitrogen and oxygen atoms in total. The Bertz CT molecular complexity index is 1550. The summed E-state index contributed by atoms with van der Waals surface area (Å²) in [7, 11) is 0. The Labute approximate surface area is 348 Å². The number of benzene rings is 1. The Balaban J connectivity index is 0.000000737. The minimum Gasteiger partial charge on any atom is -0.699 e. The number of halogens is 1. The number of amides is 1. The van der Waals surface area contributed by atoms with Crippen LogP contribution in [0, 0.1) is 24.6 Å². The molecule has 1 aliphatic rings. The Hall–Kier alpha value is -2.34. The summed E-state index contributed by atoms with van der Waals surface area (Å²) in [6, 6.07) is 13.3. The topological polar surface area (TPSA) is 143 Å². The third-order valence-corrected chi connectivity index (χ3v) is 9.39. The van der Waals surface area contributed by atoms with E-state index >= 15 is 0 Å². The van der Waals surface area contributed by atoms with Crippen LogP contribution in [-0.2, 0) is 50.3 Å². The fourth-order valence-corrected chi connectivity index (χ4v) is 5.89. The van der Waals surface area contributed by atoms with Crippen LogP contribution in [0.5, 0.6) is 0 Å². The number of hydrogen-bond donors (Lipinski definition) is 3. The van der Waals surface area contributed by atoms with Crippen LogP contribution >= 0.6 is 11.3 Å². The summed E-state index contributed by atoms with van der Waals surface area (Å²) < 4.78 is 13.8. The van der Waals surface area contributed by atoms with Gasteiger partial charge < -0.3 is 27.0 Å². The number of aliphatic hydroxyl groups excluding tert-OH is 2. The summed E-state index contributed by atoms with van der Waals surface area (Å²) in [4.78, 5) is 22.0. The molecule has 0 aliphatic heterocycles. The van der Waals surface area contributed by atoms with Crippen molar-refractivity contribution >= 4 is 33.1 Å². The van der Waals surface area contributed by atoms with Crippen molar-refractivity contribution in [3.8, 4) is 10.6 Å². The molecule has 2 unspecified atom stereocenters. The van der Waals surface area contributed by atoms with Gasteiger partial charge in [-0.3, -0.25) is 14.8 Å². The second kappa shape index (κ2) is 29.0. The maximum absolute atomic E-state index is 12.5. The molecule has 1 amide bonds. The van der Waals surface area contributed by atoms with Crippen molar-refractivity contribution in [2.24, 2.45) is 11.8 Å². The Morgan fingerprint density at radius 2 is 1.74 bits per heavy atom. The molecule has 1 aliphatic carbocycles. The van der Waals surface area contributed by atoms with Gasteiger partial charge in [0.25, 0.3) is 0 Å². The molecule has 1 fully saturated rings. The maximum Gasteiger partial charge on any atom is 0.223 e. The van der Waals surface area contributed by atoms with Gasteiger partial charge in [-0.1, -0.05) is 98.8 Å². The van der Waals surface area contributed by atoms with E-state index in [2.05, 4.69) is 67.2 Å². The SMILES string of the molecule is CC.CCC(CCCC(C)C)C(=O)NCC(O)CO.CCCc1ccnc2cc(-c3ccc(CC)cn3)sc12.Cc1ccc([NH-])cc1F.[NH-]C1CC1.[Y]. The number of fused-ring (bicyclic) bond motifs is 1. The van der Waals surface area contributed by atoms with E-state index in [1.807, 2.05) is 33.2 Å². The number of carbonyl (C=O) groups is 1. The summed E-state index contributed by atoms with van der Waals surface area (Å²) in [5, 5.41) is 20.5. The summed E-state index contributed by atoms with van der Waals surface area (Å²) in [6.07, 6.45) is 12.6. The van der Waals surface area contributed by atoms with Gasteiger partial charge in [0, 0.05) is 57.6 Å². The molecule has 0 saturated heterocycles. The van der Waals surface area contributed by atoms with Crippen LogP contribution in [0.25, 0.3) is 32.3 Å². The molecule has 3 aromatic heterocycles. The van der Waals surface area contributed by atoms with Gasteiger partial charge in [-0.15, -0.1) is 23.1 Å². The van der Waals surface area contributed by atoms with Crippen LogP contribution in [0.1, 0.15) is 110 Å².